The molecule has 1 aromatic carbocycles. The normalized spacial score (nSPS) is 19.0. The van der Waals surface area contributed by atoms with Crippen LogP contribution in [0.2, 0.25) is 0 Å². The van der Waals surface area contributed by atoms with E-state index in [-0.39, 0.29) is 29.8 Å². The van der Waals surface area contributed by atoms with Crippen LogP contribution in [-0.4, -0.2) is 32.6 Å². The van der Waals surface area contributed by atoms with Crippen molar-refractivity contribution in [1.29, 1.82) is 0 Å². The number of nitrogens with zero attached hydrogens (tertiary/aromatic N) is 2. The van der Waals surface area contributed by atoms with Crippen molar-refractivity contribution in [2.45, 2.75) is 50.8 Å². The van der Waals surface area contributed by atoms with Crippen LogP contribution in [0.25, 0.3) is 11.4 Å². The molecule has 2 aliphatic heterocycles. The summed E-state index contributed by atoms with van der Waals surface area (Å²) in [5.74, 6) is 4.89. The van der Waals surface area contributed by atoms with E-state index in [1.165, 1.54) is 19.9 Å². The first-order valence-corrected chi connectivity index (χ1v) is 9.37. The van der Waals surface area contributed by atoms with Crippen molar-refractivity contribution in [2.24, 2.45) is 5.73 Å². The molecule has 2 aromatic rings. The summed E-state index contributed by atoms with van der Waals surface area (Å²) in [7, 11) is 0. The van der Waals surface area contributed by atoms with Crippen LogP contribution in [0.4, 0.5) is 4.39 Å². The summed E-state index contributed by atoms with van der Waals surface area (Å²) in [5, 5.41) is 12.4. The highest BCUT2D eigenvalue weighted by Crippen LogP contribution is 2.53. The zero-order valence-electron chi connectivity index (χ0n) is 16.1. The molecule has 0 radical (unpaired) electrons. The van der Waals surface area contributed by atoms with Gasteiger partial charge in [0.25, 0.3) is 5.91 Å². The topological polar surface area (TPSA) is 110 Å². The minimum Gasteiger partial charge on any atom is -0.378 e. The molecule has 0 unspecified atom stereocenters. The second kappa shape index (κ2) is 6.71. The molecule has 4 N–H and O–H groups in total. The zero-order chi connectivity index (χ0) is 20.9. The number of imidazole rings is 1. The lowest BCUT2D eigenvalue weighted by Gasteiger charge is -2.35. The molecule has 0 atom stereocenters. The molecule has 2 bridgehead atoms. The Morgan fingerprint density at radius 1 is 1.48 bits per heavy atom. The maximum absolute atomic E-state index is 14.7. The maximum Gasteiger partial charge on any atom is 0.269 e. The third-order valence-corrected chi connectivity index (χ3v) is 5.40. The Balaban J connectivity index is 1.93. The Bertz CT molecular complexity index is 1080. The number of primary amides is 1. The molecular formula is C21H21FN4O3. The lowest BCUT2D eigenvalue weighted by molar-refractivity contribution is -0.109. The first-order chi connectivity index (χ1) is 13.7. The number of rotatable bonds is 4. The van der Waals surface area contributed by atoms with Gasteiger partial charge in [0.2, 0.25) is 6.41 Å². The summed E-state index contributed by atoms with van der Waals surface area (Å²) in [6, 6.07) is 3.19. The van der Waals surface area contributed by atoms with Gasteiger partial charge in [-0.1, -0.05) is 11.8 Å². The van der Waals surface area contributed by atoms with Gasteiger partial charge in [-0.3, -0.25) is 9.59 Å². The molecule has 1 saturated carbocycles. The molecule has 1 fully saturated rings. The largest absolute Gasteiger partial charge is 0.378 e. The van der Waals surface area contributed by atoms with E-state index in [1.807, 2.05) is 4.57 Å². The SMILES string of the molecule is CC(C)(O)C#Cc1cc2c(cc1F)C1CC(C1)n1c-2nc(C(N)=O)c1CNC=O. The van der Waals surface area contributed by atoms with Gasteiger partial charge in [-0.25, -0.2) is 9.37 Å². The summed E-state index contributed by atoms with van der Waals surface area (Å²) < 4.78 is 16.6. The van der Waals surface area contributed by atoms with Crippen LogP contribution in [0.3, 0.4) is 0 Å². The van der Waals surface area contributed by atoms with Crippen LogP contribution in [-0.2, 0) is 11.3 Å². The van der Waals surface area contributed by atoms with Gasteiger partial charge in [-0.15, -0.1) is 0 Å². The summed E-state index contributed by atoms with van der Waals surface area (Å²) in [5.41, 5.74) is 6.57. The summed E-state index contributed by atoms with van der Waals surface area (Å²) in [4.78, 5) is 27.3. The number of carbonyl (C=O) groups is 2. The Morgan fingerprint density at radius 2 is 2.21 bits per heavy atom. The van der Waals surface area contributed by atoms with Crippen LogP contribution >= 0.6 is 0 Å². The number of benzene rings is 1. The fourth-order valence-corrected chi connectivity index (χ4v) is 4.04. The maximum atomic E-state index is 14.7. The van der Waals surface area contributed by atoms with Gasteiger partial charge in [0.15, 0.2) is 5.69 Å². The van der Waals surface area contributed by atoms with Crippen LogP contribution in [0.5, 0.6) is 0 Å². The molecule has 0 spiro atoms. The Kier molecular flexibility index (Phi) is 4.43. The van der Waals surface area contributed by atoms with E-state index in [2.05, 4.69) is 22.1 Å². The van der Waals surface area contributed by atoms with Gasteiger partial charge >= 0.3 is 0 Å². The number of hydrogen-bond donors (Lipinski definition) is 3. The third-order valence-electron chi connectivity index (χ3n) is 5.40. The molecule has 1 aromatic heterocycles. The van der Waals surface area contributed by atoms with Crippen molar-refractivity contribution in [3.63, 3.8) is 0 Å². The Hall–Kier alpha value is -3.18. The van der Waals surface area contributed by atoms with Gasteiger partial charge in [0.1, 0.15) is 17.2 Å². The number of amides is 2. The fourth-order valence-electron chi connectivity index (χ4n) is 4.04. The molecule has 5 rings (SSSR count). The molecule has 1 aliphatic carbocycles. The van der Waals surface area contributed by atoms with E-state index in [0.29, 0.717) is 23.5 Å². The van der Waals surface area contributed by atoms with Crippen molar-refractivity contribution < 1.29 is 19.1 Å². The Labute approximate surface area is 167 Å². The Morgan fingerprint density at radius 3 is 2.83 bits per heavy atom. The van der Waals surface area contributed by atoms with Gasteiger partial charge in [0, 0.05) is 11.6 Å². The molecule has 0 saturated heterocycles. The highest BCUT2D eigenvalue weighted by Gasteiger charge is 2.41. The fraction of sp³-hybridized carbons (Fsp3) is 0.381. The summed E-state index contributed by atoms with van der Waals surface area (Å²) in [6.45, 7) is 3.17. The molecule has 3 aliphatic rings. The van der Waals surface area contributed by atoms with Crippen LogP contribution < -0.4 is 11.1 Å². The highest BCUT2D eigenvalue weighted by atomic mass is 19.1. The number of nitrogens with two attached hydrogens (primary N) is 1. The second-order valence-electron chi connectivity index (χ2n) is 8.01. The van der Waals surface area contributed by atoms with E-state index in [1.54, 1.807) is 6.07 Å². The first-order valence-electron chi connectivity index (χ1n) is 9.37. The minimum atomic E-state index is -1.26. The summed E-state index contributed by atoms with van der Waals surface area (Å²) >= 11 is 0. The van der Waals surface area contributed by atoms with Crippen LogP contribution in [0.1, 0.15) is 66.0 Å². The van der Waals surface area contributed by atoms with Crippen LogP contribution in [0, 0.1) is 17.7 Å². The van der Waals surface area contributed by atoms with E-state index in [4.69, 9.17) is 5.73 Å². The molecule has 150 valence electrons. The third kappa shape index (κ3) is 3.28. The average molecular weight is 396 g/mol. The number of nitrogens with one attached hydrogen (secondary N) is 1. The zero-order valence-corrected chi connectivity index (χ0v) is 16.1. The molecule has 8 heteroatoms. The summed E-state index contributed by atoms with van der Waals surface area (Å²) in [6.07, 6.45) is 2.13. The van der Waals surface area contributed by atoms with E-state index < -0.39 is 17.3 Å². The van der Waals surface area contributed by atoms with Gasteiger partial charge < -0.3 is 20.7 Å². The lowest BCUT2D eigenvalue weighted by atomic mass is 9.75. The van der Waals surface area contributed by atoms with E-state index >= 15 is 0 Å². The van der Waals surface area contributed by atoms with Crippen molar-refractivity contribution in [1.82, 2.24) is 14.9 Å². The first kappa shape index (κ1) is 19.2. The highest BCUT2D eigenvalue weighted by molar-refractivity contribution is 5.93. The number of halogens is 1. The predicted octanol–water partition coefficient (Wildman–Crippen LogP) is 1.59. The van der Waals surface area contributed by atoms with Crippen molar-refractivity contribution in [3.05, 3.63) is 40.5 Å². The monoisotopic (exact) mass is 396 g/mol. The number of aromatic nitrogens is 2. The standard InChI is InChI=1S/C21H21FN4O3/c1-21(2,29)4-3-11-7-15-14(8-16(11)22)12-5-13(6-12)26-17(9-24-10-27)18(19(23)28)25-20(15)26/h7-8,10,12-13,29H,5-6,9H2,1-2H3,(H2,23,28)(H,24,27). The van der Waals surface area contributed by atoms with E-state index in [9.17, 15) is 19.1 Å². The smallest absolute Gasteiger partial charge is 0.269 e. The van der Waals surface area contributed by atoms with Gasteiger partial charge in [0.05, 0.1) is 17.8 Å². The van der Waals surface area contributed by atoms with Gasteiger partial charge in [-0.05, 0) is 50.3 Å². The van der Waals surface area contributed by atoms with Crippen molar-refractivity contribution in [2.75, 3.05) is 0 Å². The van der Waals surface area contributed by atoms with Crippen molar-refractivity contribution in [3.8, 4) is 23.2 Å². The molecule has 3 heterocycles. The molecule has 7 nitrogen and oxygen atoms in total. The predicted molar refractivity (Wildman–Crippen MR) is 103 cm³/mol. The minimum absolute atomic E-state index is 0.0964. The van der Waals surface area contributed by atoms with Gasteiger partial charge in [-0.2, -0.15) is 0 Å². The van der Waals surface area contributed by atoms with E-state index in [0.717, 1.165) is 18.4 Å². The number of carbonyl (C=O) groups excluding carboxylic acids is 2. The molecule has 29 heavy (non-hydrogen) atoms. The molecular weight excluding hydrogens is 375 g/mol. The molecule has 2 amide bonds. The average Bonchev–Trinajstić information content (AvgIpc) is 2.85. The number of aliphatic hydroxyl groups is 1. The van der Waals surface area contributed by atoms with Crippen LogP contribution in [0.15, 0.2) is 12.1 Å². The second-order valence-corrected chi connectivity index (χ2v) is 8.01. The van der Waals surface area contributed by atoms with Crippen molar-refractivity contribution >= 4 is 12.3 Å². The quantitative estimate of drug-likeness (QED) is 0.538. The number of hydrogen-bond acceptors (Lipinski definition) is 4. The lowest BCUT2D eigenvalue weighted by Crippen LogP contribution is -2.27.